The van der Waals surface area contributed by atoms with Crippen molar-refractivity contribution < 1.29 is 4.92 Å². The van der Waals surface area contributed by atoms with Gasteiger partial charge < -0.3 is 10.2 Å². The minimum Gasteiger partial charge on any atom is -0.346 e. The lowest BCUT2D eigenvalue weighted by molar-refractivity contribution is -0.384. The van der Waals surface area contributed by atoms with Gasteiger partial charge in [-0.1, -0.05) is 0 Å². The first-order valence-corrected chi connectivity index (χ1v) is 9.01. The number of thiocarbonyl (C=S) groups is 1. The van der Waals surface area contributed by atoms with E-state index in [1.165, 1.54) is 17.7 Å². The number of hydrogen-bond acceptors (Lipinski definition) is 5. The van der Waals surface area contributed by atoms with Gasteiger partial charge >= 0.3 is 0 Å². The molecule has 3 rings (SSSR count). The van der Waals surface area contributed by atoms with Crippen LogP contribution in [0.4, 0.5) is 11.4 Å². The molecular weight excluding hydrogens is 344 g/mol. The molecule has 1 N–H and O–H groups in total. The van der Waals surface area contributed by atoms with Crippen molar-refractivity contribution in [1.29, 1.82) is 0 Å². The van der Waals surface area contributed by atoms with Gasteiger partial charge in [0.2, 0.25) is 0 Å². The molecule has 2 aromatic rings. The molecule has 0 radical (unpaired) electrons. The molecule has 24 heavy (non-hydrogen) atoms. The van der Waals surface area contributed by atoms with Gasteiger partial charge in [0.1, 0.15) is 0 Å². The summed E-state index contributed by atoms with van der Waals surface area (Å²) >= 11 is 7.19. The second kappa shape index (κ2) is 7.69. The summed E-state index contributed by atoms with van der Waals surface area (Å²) in [5.41, 5.74) is 2.21. The van der Waals surface area contributed by atoms with E-state index >= 15 is 0 Å². The maximum atomic E-state index is 10.7. The Hall–Kier alpha value is -2.03. The van der Waals surface area contributed by atoms with Gasteiger partial charge in [-0.05, 0) is 46.7 Å². The third kappa shape index (κ3) is 4.28. The summed E-state index contributed by atoms with van der Waals surface area (Å²) in [6.07, 6.45) is 0. The molecule has 1 fully saturated rings. The van der Waals surface area contributed by atoms with Crippen molar-refractivity contribution in [3.63, 3.8) is 0 Å². The predicted molar refractivity (Wildman–Crippen MR) is 100 cm³/mol. The van der Waals surface area contributed by atoms with Crippen molar-refractivity contribution in [1.82, 2.24) is 9.80 Å². The van der Waals surface area contributed by atoms with Crippen LogP contribution >= 0.6 is 23.6 Å². The SMILES string of the molecule is O=[N+]([O-])c1ccc(NC(=S)N2CCN(Cc3ccsc3)CC2)cc1. The summed E-state index contributed by atoms with van der Waals surface area (Å²) < 4.78 is 0. The second-order valence-electron chi connectivity index (χ2n) is 5.63. The first-order chi connectivity index (χ1) is 11.6. The van der Waals surface area contributed by atoms with E-state index in [2.05, 4.69) is 31.9 Å². The molecule has 1 aromatic heterocycles. The number of hydrogen-bond donors (Lipinski definition) is 1. The van der Waals surface area contributed by atoms with E-state index in [1.807, 2.05) is 0 Å². The number of rotatable bonds is 4. The fourth-order valence-electron chi connectivity index (χ4n) is 2.62. The number of nitro groups is 1. The normalized spacial score (nSPS) is 15.2. The number of piperazine rings is 1. The van der Waals surface area contributed by atoms with Crippen LogP contribution in [0.5, 0.6) is 0 Å². The van der Waals surface area contributed by atoms with Crippen molar-refractivity contribution >= 4 is 40.0 Å². The first-order valence-electron chi connectivity index (χ1n) is 7.65. The molecule has 0 spiro atoms. The van der Waals surface area contributed by atoms with Gasteiger partial charge in [0.15, 0.2) is 5.11 Å². The molecule has 1 aromatic carbocycles. The van der Waals surface area contributed by atoms with Crippen molar-refractivity contribution in [3.05, 3.63) is 56.8 Å². The maximum absolute atomic E-state index is 10.7. The van der Waals surface area contributed by atoms with E-state index in [-0.39, 0.29) is 5.69 Å². The minimum atomic E-state index is -0.408. The summed E-state index contributed by atoms with van der Waals surface area (Å²) in [5, 5.41) is 18.8. The second-order valence-corrected chi connectivity index (χ2v) is 6.80. The van der Waals surface area contributed by atoms with Crippen LogP contribution in [0.2, 0.25) is 0 Å². The molecule has 8 heteroatoms. The van der Waals surface area contributed by atoms with Gasteiger partial charge in [-0.25, -0.2) is 0 Å². The average Bonchev–Trinajstić information content (AvgIpc) is 3.09. The van der Waals surface area contributed by atoms with Crippen molar-refractivity contribution in [2.45, 2.75) is 6.54 Å². The number of nitrogens with one attached hydrogen (secondary N) is 1. The fraction of sp³-hybridized carbons (Fsp3) is 0.312. The first kappa shape index (κ1) is 16.8. The Kier molecular flexibility index (Phi) is 5.39. The van der Waals surface area contributed by atoms with E-state index < -0.39 is 4.92 Å². The quantitative estimate of drug-likeness (QED) is 0.512. The molecule has 2 heterocycles. The predicted octanol–water partition coefficient (Wildman–Crippen LogP) is 3.17. The molecule has 0 unspecified atom stereocenters. The molecular formula is C16H18N4O2S2. The summed E-state index contributed by atoms with van der Waals surface area (Å²) in [7, 11) is 0. The zero-order valence-corrected chi connectivity index (χ0v) is 14.7. The lowest BCUT2D eigenvalue weighted by Gasteiger charge is -2.36. The Bertz CT molecular complexity index is 695. The zero-order valence-electron chi connectivity index (χ0n) is 13.1. The molecule has 0 amide bonds. The Labute approximate surface area is 149 Å². The Morgan fingerprint density at radius 2 is 1.92 bits per heavy atom. The van der Waals surface area contributed by atoms with Gasteiger partial charge in [-0.3, -0.25) is 15.0 Å². The van der Waals surface area contributed by atoms with Crippen LogP contribution in [0.1, 0.15) is 5.56 Å². The number of anilines is 1. The third-order valence-electron chi connectivity index (χ3n) is 3.98. The summed E-state index contributed by atoms with van der Waals surface area (Å²) in [6.45, 7) is 4.68. The Morgan fingerprint density at radius 3 is 2.50 bits per heavy atom. The van der Waals surface area contributed by atoms with Crippen LogP contribution < -0.4 is 5.32 Å². The summed E-state index contributed by atoms with van der Waals surface area (Å²) in [6, 6.07) is 8.47. The zero-order chi connectivity index (χ0) is 16.9. The molecule has 1 aliphatic rings. The topological polar surface area (TPSA) is 61.7 Å². The van der Waals surface area contributed by atoms with Gasteiger partial charge in [0.25, 0.3) is 5.69 Å². The third-order valence-corrected chi connectivity index (χ3v) is 5.07. The van der Waals surface area contributed by atoms with Crippen molar-refractivity contribution in [2.24, 2.45) is 0 Å². The summed E-state index contributed by atoms with van der Waals surface area (Å²) in [5.74, 6) is 0. The van der Waals surface area contributed by atoms with Crippen molar-refractivity contribution in [2.75, 3.05) is 31.5 Å². The molecule has 0 saturated carbocycles. The largest absolute Gasteiger partial charge is 0.346 e. The number of benzene rings is 1. The highest BCUT2D eigenvalue weighted by molar-refractivity contribution is 7.80. The van der Waals surface area contributed by atoms with Gasteiger partial charge in [-0.2, -0.15) is 11.3 Å². The highest BCUT2D eigenvalue weighted by atomic mass is 32.1. The Morgan fingerprint density at radius 1 is 1.21 bits per heavy atom. The molecule has 0 atom stereocenters. The standard InChI is InChI=1S/C16H18N4O2S2/c21-20(22)15-3-1-14(2-4-15)17-16(23)19-8-6-18(7-9-19)11-13-5-10-24-12-13/h1-5,10,12H,6-9,11H2,(H,17,23). The average molecular weight is 362 g/mol. The number of nitrogens with zero attached hydrogens (tertiary/aromatic N) is 3. The van der Waals surface area contributed by atoms with Gasteiger partial charge in [0.05, 0.1) is 4.92 Å². The van der Waals surface area contributed by atoms with Gasteiger partial charge in [0, 0.05) is 50.5 Å². The molecule has 126 valence electrons. The number of thiophene rings is 1. The number of non-ortho nitro benzene ring substituents is 1. The van der Waals surface area contributed by atoms with E-state index in [4.69, 9.17) is 12.2 Å². The Balaban J connectivity index is 1.49. The van der Waals surface area contributed by atoms with Crippen LogP contribution in [0, 0.1) is 10.1 Å². The van der Waals surface area contributed by atoms with Crippen LogP contribution in [-0.4, -0.2) is 46.0 Å². The van der Waals surface area contributed by atoms with Gasteiger partial charge in [-0.15, -0.1) is 0 Å². The monoisotopic (exact) mass is 362 g/mol. The smallest absolute Gasteiger partial charge is 0.269 e. The molecule has 0 bridgehead atoms. The molecule has 1 saturated heterocycles. The molecule has 0 aliphatic carbocycles. The van der Waals surface area contributed by atoms with E-state index in [1.54, 1.807) is 23.5 Å². The van der Waals surface area contributed by atoms with Crippen LogP contribution in [-0.2, 0) is 6.54 Å². The summed E-state index contributed by atoms with van der Waals surface area (Å²) in [4.78, 5) is 14.8. The van der Waals surface area contributed by atoms with Crippen LogP contribution in [0.25, 0.3) is 0 Å². The fourth-order valence-corrected chi connectivity index (χ4v) is 3.58. The molecule has 1 aliphatic heterocycles. The van der Waals surface area contributed by atoms with E-state index in [0.29, 0.717) is 5.11 Å². The minimum absolute atomic E-state index is 0.0773. The number of nitro benzene ring substituents is 1. The van der Waals surface area contributed by atoms with E-state index in [0.717, 1.165) is 38.4 Å². The lowest BCUT2D eigenvalue weighted by Crippen LogP contribution is -2.49. The highest BCUT2D eigenvalue weighted by Crippen LogP contribution is 2.17. The van der Waals surface area contributed by atoms with E-state index in [9.17, 15) is 10.1 Å². The maximum Gasteiger partial charge on any atom is 0.269 e. The van der Waals surface area contributed by atoms with Crippen LogP contribution in [0.3, 0.4) is 0 Å². The lowest BCUT2D eigenvalue weighted by atomic mass is 10.2. The van der Waals surface area contributed by atoms with Crippen molar-refractivity contribution in [3.8, 4) is 0 Å². The highest BCUT2D eigenvalue weighted by Gasteiger charge is 2.19. The van der Waals surface area contributed by atoms with Crippen LogP contribution in [0.15, 0.2) is 41.1 Å². The molecule has 6 nitrogen and oxygen atoms in total.